The van der Waals surface area contributed by atoms with E-state index in [0.717, 1.165) is 11.1 Å². The number of hydrogen-bond acceptors (Lipinski definition) is 4. The molecule has 1 N–H and O–H groups in total. The summed E-state index contributed by atoms with van der Waals surface area (Å²) < 4.78 is 25.4. The maximum Gasteiger partial charge on any atom is 0.262 e. The molecule has 34 heavy (non-hydrogen) atoms. The van der Waals surface area contributed by atoms with Crippen LogP contribution in [0.5, 0.6) is 11.5 Å². The van der Waals surface area contributed by atoms with Crippen LogP contribution < -0.4 is 14.8 Å². The molecule has 1 atom stereocenters. The quantitative estimate of drug-likeness (QED) is 0.262. The third-order valence-electron chi connectivity index (χ3n) is 4.98. The van der Waals surface area contributed by atoms with E-state index >= 15 is 0 Å². The van der Waals surface area contributed by atoms with Crippen LogP contribution in [0.15, 0.2) is 76.8 Å². The molecule has 0 radical (unpaired) electrons. The summed E-state index contributed by atoms with van der Waals surface area (Å²) in [5.41, 5.74) is 2.30. The maximum absolute atomic E-state index is 13.1. The monoisotopic (exact) mass is 522 g/mol. The first kappa shape index (κ1) is 25.0. The van der Waals surface area contributed by atoms with Gasteiger partial charge in [0.1, 0.15) is 24.1 Å². The van der Waals surface area contributed by atoms with Gasteiger partial charge in [-0.2, -0.15) is 5.26 Å². The highest BCUT2D eigenvalue weighted by molar-refractivity contribution is 9.10. The highest BCUT2D eigenvalue weighted by atomic mass is 79.9. The van der Waals surface area contributed by atoms with E-state index in [4.69, 9.17) is 9.47 Å². The zero-order valence-electron chi connectivity index (χ0n) is 18.8. The van der Waals surface area contributed by atoms with Crippen molar-refractivity contribution in [2.24, 2.45) is 0 Å². The maximum atomic E-state index is 13.1. The number of nitrogens with one attached hydrogen (secondary N) is 1. The summed E-state index contributed by atoms with van der Waals surface area (Å²) in [6.45, 7) is 4.34. The zero-order chi connectivity index (χ0) is 24.5. The van der Waals surface area contributed by atoms with Crippen molar-refractivity contribution >= 4 is 27.9 Å². The van der Waals surface area contributed by atoms with Gasteiger partial charge in [0.05, 0.1) is 12.6 Å². The Morgan fingerprint density at radius 2 is 1.79 bits per heavy atom. The van der Waals surface area contributed by atoms with Crippen LogP contribution in [-0.2, 0) is 11.4 Å². The number of carbonyl (C=O) groups excluding carboxylic acids is 1. The van der Waals surface area contributed by atoms with E-state index in [-0.39, 0.29) is 24.0 Å². The van der Waals surface area contributed by atoms with Crippen molar-refractivity contribution in [1.29, 1.82) is 5.26 Å². The summed E-state index contributed by atoms with van der Waals surface area (Å²) in [6, 6.07) is 20.7. The molecule has 0 saturated carbocycles. The van der Waals surface area contributed by atoms with Crippen molar-refractivity contribution in [2.75, 3.05) is 6.61 Å². The van der Waals surface area contributed by atoms with Gasteiger partial charge >= 0.3 is 0 Å². The number of hydrogen-bond donors (Lipinski definition) is 1. The van der Waals surface area contributed by atoms with Crippen molar-refractivity contribution in [1.82, 2.24) is 5.32 Å². The first-order valence-electron chi connectivity index (χ1n) is 10.7. The van der Waals surface area contributed by atoms with Crippen LogP contribution in [0.25, 0.3) is 6.08 Å². The summed E-state index contributed by atoms with van der Waals surface area (Å²) in [6.07, 6.45) is 1.50. The van der Waals surface area contributed by atoms with Crippen molar-refractivity contribution in [3.8, 4) is 17.6 Å². The third-order valence-corrected chi connectivity index (χ3v) is 5.67. The number of amides is 1. The predicted molar refractivity (Wildman–Crippen MR) is 133 cm³/mol. The van der Waals surface area contributed by atoms with E-state index in [9.17, 15) is 14.4 Å². The van der Waals surface area contributed by atoms with Crippen molar-refractivity contribution in [2.45, 2.75) is 26.5 Å². The Morgan fingerprint density at radius 1 is 1.12 bits per heavy atom. The lowest BCUT2D eigenvalue weighted by molar-refractivity contribution is -0.117. The summed E-state index contributed by atoms with van der Waals surface area (Å²) in [7, 11) is 0. The molecule has 0 aliphatic heterocycles. The normalized spacial score (nSPS) is 11.9. The molecule has 0 unspecified atom stereocenters. The van der Waals surface area contributed by atoms with Gasteiger partial charge in [-0.3, -0.25) is 4.79 Å². The summed E-state index contributed by atoms with van der Waals surface area (Å²) in [5.74, 6) is 0.166. The Hall–Kier alpha value is -3.63. The van der Waals surface area contributed by atoms with Crippen LogP contribution in [0.3, 0.4) is 0 Å². The van der Waals surface area contributed by atoms with Gasteiger partial charge < -0.3 is 14.8 Å². The zero-order valence-corrected chi connectivity index (χ0v) is 20.4. The topological polar surface area (TPSA) is 71.3 Å². The van der Waals surface area contributed by atoms with Gasteiger partial charge in [-0.1, -0.05) is 58.4 Å². The Kier molecular flexibility index (Phi) is 8.83. The van der Waals surface area contributed by atoms with Gasteiger partial charge in [-0.05, 0) is 60.9 Å². The molecule has 0 spiro atoms. The van der Waals surface area contributed by atoms with Crippen LogP contribution in [0, 0.1) is 17.1 Å². The SMILES string of the molecule is CCOc1cc(/C=C(/C#N)C(=O)N[C@H](C)c2ccccc2)c(Br)cc1OCc1ccc(F)cc1. The van der Waals surface area contributed by atoms with E-state index < -0.39 is 5.91 Å². The number of halogens is 2. The minimum Gasteiger partial charge on any atom is -0.490 e. The standard InChI is InChI=1S/C27H24BrFN2O3/c1-3-33-25-14-21(24(28)15-26(25)34-17-19-9-11-23(29)12-10-19)13-22(16-30)27(32)31-18(2)20-7-5-4-6-8-20/h4-15,18H,3,17H2,1-2H3,(H,31,32)/b22-13-/t18-/m1/s1. The van der Waals surface area contributed by atoms with E-state index in [0.29, 0.717) is 28.1 Å². The highest BCUT2D eigenvalue weighted by Crippen LogP contribution is 2.35. The molecule has 3 rings (SSSR count). The molecule has 1 amide bonds. The van der Waals surface area contributed by atoms with E-state index in [2.05, 4.69) is 21.2 Å². The van der Waals surface area contributed by atoms with Crippen LogP contribution in [-0.4, -0.2) is 12.5 Å². The molecule has 174 valence electrons. The molecule has 0 aliphatic rings. The number of ether oxygens (including phenoxy) is 2. The Labute approximate surface area is 207 Å². The summed E-state index contributed by atoms with van der Waals surface area (Å²) >= 11 is 3.49. The molecule has 0 aromatic heterocycles. The molecule has 0 fully saturated rings. The number of nitrogens with zero attached hydrogens (tertiary/aromatic N) is 1. The average molecular weight is 523 g/mol. The first-order chi connectivity index (χ1) is 16.4. The smallest absolute Gasteiger partial charge is 0.262 e. The van der Waals surface area contributed by atoms with Crippen LogP contribution in [0.1, 0.15) is 36.6 Å². The van der Waals surface area contributed by atoms with Crippen molar-refractivity contribution in [3.05, 3.63) is 99.3 Å². The summed E-state index contributed by atoms with van der Waals surface area (Å²) in [5, 5.41) is 12.5. The van der Waals surface area contributed by atoms with Gasteiger partial charge in [0.2, 0.25) is 0 Å². The van der Waals surface area contributed by atoms with Gasteiger partial charge in [0, 0.05) is 4.47 Å². The fourth-order valence-electron chi connectivity index (χ4n) is 3.19. The van der Waals surface area contributed by atoms with Gasteiger partial charge in [-0.25, -0.2) is 4.39 Å². The first-order valence-corrected chi connectivity index (χ1v) is 11.5. The molecule has 3 aromatic carbocycles. The van der Waals surface area contributed by atoms with E-state index in [1.54, 1.807) is 24.3 Å². The van der Waals surface area contributed by atoms with E-state index in [1.807, 2.05) is 50.2 Å². The molecule has 7 heteroatoms. The Morgan fingerprint density at radius 3 is 2.44 bits per heavy atom. The van der Waals surface area contributed by atoms with Gasteiger partial charge in [0.15, 0.2) is 11.5 Å². The summed E-state index contributed by atoms with van der Waals surface area (Å²) in [4.78, 5) is 12.7. The second-order valence-electron chi connectivity index (χ2n) is 7.44. The molecule has 3 aromatic rings. The molecule has 0 heterocycles. The number of carbonyl (C=O) groups is 1. The van der Waals surface area contributed by atoms with Gasteiger partial charge in [0.25, 0.3) is 5.91 Å². The molecular weight excluding hydrogens is 499 g/mol. The fraction of sp³-hybridized carbons (Fsp3) is 0.185. The number of nitriles is 1. The Balaban J connectivity index is 1.81. The number of benzene rings is 3. The molecule has 0 bridgehead atoms. The lowest BCUT2D eigenvalue weighted by Crippen LogP contribution is -2.27. The van der Waals surface area contributed by atoms with E-state index in [1.165, 1.54) is 18.2 Å². The second kappa shape index (κ2) is 12.0. The second-order valence-corrected chi connectivity index (χ2v) is 8.30. The fourth-order valence-corrected chi connectivity index (χ4v) is 3.62. The highest BCUT2D eigenvalue weighted by Gasteiger charge is 2.16. The largest absolute Gasteiger partial charge is 0.490 e. The van der Waals surface area contributed by atoms with Crippen molar-refractivity contribution in [3.63, 3.8) is 0 Å². The van der Waals surface area contributed by atoms with Crippen LogP contribution in [0.4, 0.5) is 4.39 Å². The predicted octanol–water partition coefficient (Wildman–Crippen LogP) is 6.35. The minimum atomic E-state index is -0.472. The van der Waals surface area contributed by atoms with Crippen LogP contribution in [0.2, 0.25) is 0 Å². The minimum absolute atomic E-state index is 0.0362. The molecule has 5 nitrogen and oxygen atoms in total. The lowest BCUT2D eigenvalue weighted by atomic mass is 10.1. The molecular formula is C27H24BrFN2O3. The lowest BCUT2D eigenvalue weighted by Gasteiger charge is -2.15. The average Bonchev–Trinajstić information content (AvgIpc) is 2.84. The van der Waals surface area contributed by atoms with Gasteiger partial charge in [-0.15, -0.1) is 0 Å². The van der Waals surface area contributed by atoms with Crippen molar-refractivity contribution < 1.29 is 18.7 Å². The Bertz CT molecular complexity index is 1210. The third kappa shape index (κ3) is 6.69. The van der Waals surface area contributed by atoms with Crippen LogP contribution >= 0.6 is 15.9 Å². The molecule has 0 aliphatic carbocycles. The molecule has 0 saturated heterocycles. The number of rotatable bonds is 9.